The van der Waals surface area contributed by atoms with Crippen molar-refractivity contribution in [2.75, 3.05) is 31.6 Å². The van der Waals surface area contributed by atoms with Crippen molar-refractivity contribution in [2.45, 2.75) is 32.2 Å². The van der Waals surface area contributed by atoms with Gasteiger partial charge in [0.2, 0.25) is 0 Å². The maximum absolute atomic E-state index is 11.4. The molecule has 0 spiro atoms. The number of hydrogen-bond donors (Lipinski definition) is 1. The van der Waals surface area contributed by atoms with Crippen LogP contribution in [0.2, 0.25) is 0 Å². The molecule has 0 aromatic rings. The Kier molecular flexibility index (Phi) is 5.21. The average molecular weight is 248 g/mol. The predicted molar refractivity (Wildman–Crippen MR) is 67.1 cm³/mol. The minimum atomic E-state index is -2.84. The SMILES string of the molecule is CCS(=O)(=O)CCN(C)C1CCCC1CN. The van der Waals surface area contributed by atoms with Crippen LogP contribution in [0.15, 0.2) is 0 Å². The van der Waals surface area contributed by atoms with E-state index in [0.29, 0.717) is 18.5 Å². The van der Waals surface area contributed by atoms with E-state index >= 15 is 0 Å². The van der Waals surface area contributed by atoms with Crippen LogP contribution in [-0.4, -0.2) is 51.0 Å². The zero-order valence-electron chi connectivity index (χ0n) is 10.4. The molecule has 2 N–H and O–H groups in total. The van der Waals surface area contributed by atoms with Gasteiger partial charge in [0.25, 0.3) is 0 Å². The zero-order valence-corrected chi connectivity index (χ0v) is 11.2. The van der Waals surface area contributed by atoms with Gasteiger partial charge in [0, 0.05) is 18.3 Å². The van der Waals surface area contributed by atoms with E-state index in [0.717, 1.165) is 13.0 Å². The lowest BCUT2D eigenvalue weighted by Crippen LogP contribution is -2.40. The maximum Gasteiger partial charge on any atom is 0.151 e. The van der Waals surface area contributed by atoms with Crippen molar-refractivity contribution in [3.8, 4) is 0 Å². The van der Waals surface area contributed by atoms with Crippen molar-refractivity contribution in [2.24, 2.45) is 11.7 Å². The van der Waals surface area contributed by atoms with Gasteiger partial charge in [0.1, 0.15) is 0 Å². The number of nitrogens with two attached hydrogens (primary N) is 1. The molecule has 5 heteroatoms. The van der Waals surface area contributed by atoms with Crippen molar-refractivity contribution in [1.82, 2.24) is 4.90 Å². The van der Waals surface area contributed by atoms with Gasteiger partial charge in [-0.1, -0.05) is 13.3 Å². The molecule has 0 saturated heterocycles. The Morgan fingerprint density at radius 2 is 2.06 bits per heavy atom. The van der Waals surface area contributed by atoms with Gasteiger partial charge >= 0.3 is 0 Å². The minimum absolute atomic E-state index is 0.242. The first-order chi connectivity index (χ1) is 7.50. The highest BCUT2D eigenvalue weighted by Gasteiger charge is 2.29. The quantitative estimate of drug-likeness (QED) is 0.742. The summed E-state index contributed by atoms with van der Waals surface area (Å²) in [5, 5.41) is 0. The molecule has 1 aliphatic rings. The first-order valence-electron chi connectivity index (χ1n) is 6.11. The third-order valence-corrected chi connectivity index (χ3v) is 5.37. The Hall–Kier alpha value is -0.130. The second-order valence-electron chi connectivity index (χ2n) is 4.71. The molecule has 2 unspecified atom stereocenters. The minimum Gasteiger partial charge on any atom is -0.330 e. The molecule has 0 radical (unpaired) electrons. The highest BCUT2D eigenvalue weighted by molar-refractivity contribution is 7.91. The van der Waals surface area contributed by atoms with Crippen molar-refractivity contribution >= 4 is 9.84 Å². The van der Waals surface area contributed by atoms with Gasteiger partial charge in [-0.25, -0.2) is 8.42 Å². The number of rotatable bonds is 6. The zero-order chi connectivity index (χ0) is 12.2. The Bertz CT molecular complexity index is 303. The first-order valence-corrected chi connectivity index (χ1v) is 7.93. The van der Waals surface area contributed by atoms with Gasteiger partial charge in [0.15, 0.2) is 9.84 Å². The van der Waals surface area contributed by atoms with Gasteiger partial charge < -0.3 is 10.6 Å². The summed E-state index contributed by atoms with van der Waals surface area (Å²) in [7, 11) is -0.824. The normalized spacial score (nSPS) is 26.5. The van der Waals surface area contributed by atoms with E-state index in [1.165, 1.54) is 12.8 Å². The second-order valence-corrected chi connectivity index (χ2v) is 7.18. The molecule has 1 fully saturated rings. The second kappa shape index (κ2) is 5.98. The van der Waals surface area contributed by atoms with Crippen LogP contribution >= 0.6 is 0 Å². The monoisotopic (exact) mass is 248 g/mol. The van der Waals surface area contributed by atoms with Gasteiger partial charge in [-0.05, 0) is 32.4 Å². The van der Waals surface area contributed by atoms with Gasteiger partial charge in [0.05, 0.1) is 5.75 Å². The number of nitrogens with zero attached hydrogens (tertiary/aromatic N) is 1. The van der Waals surface area contributed by atoms with Crippen LogP contribution in [0.5, 0.6) is 0 Å². The molecule has 0 amide bonds. The van der Waals surface area contributed by atoms with Gasteiger partial charge in [-0.3, -0.25) is 0 Å². The molecule has 16 heavy (non-hydrogen) atoms. The van der Waals surface area contributed by atoms with Crippen LogP contribution in [0.3, 0.4) is 0 Å². The fourth-order valence-electron chi connectivity index (χ4n) is 2.47. The van der Waals surface area contributed by atoms with Crippen molar-refractivity contribution in [1.29, 1.82) is 0 Å². The van der Waals surface area contributed by atoms with Crippen LogP contribution in [0, 0.1) is 5.92 Å². The molecule has 2 atom stereocenters. The Balaban J connectivity index is 2.43. The lowest BCUT2D eigenvalue weighted by Gasteiger charge is -2.28. The third-order valence-electron chi connectivity index (χ3n) is 3.68. The molecular formula is C11H24N2O2S. The lowest BCUT2D eigenvalue weighted by atomic mass is 10.0. The molecule has 0 heterocycles. The van der Waals surface area contributed by atoms with Crippen LogP contribution in [0.1, 0.15) is 26.2 Å². The summed E-state index contributed by atoms with van der Waals surface area (Å²) >= 11 is 0. The summed E-state index contributed by atoms with van der Waals surface area (Å²) < 4.78 is 22.8. The third kappa shape index (κ3) is 3.71. The number of sulfone groups is 1. The van der Waals surface area contributed by atoms with E-state index < -0.39 is 9.84 Å². The molecule has 96 valence electrons. The predicted octanol–water partition coefficient (Wildman–Crippen LogP) is 0.480. The molecule has 1 saturated carbocycles. The smallest absolute Gasteiger partial charge is 0.151 e. The van der Waals surface area contributed by atoms with E-state index in [2.05, 4.69) is 4.90 Å². The molecule has 0 aromatic carbocycles. The van der Waals surface area contributed by atoms with Gasteiger partial charge in [-0.2, -0.15) is 0 Å². The van der Waals surface area contributed by atoms with E-state index in [4.69, 9.17) is 5.73 Å². The summed E-state index contributed by atoms with van der Waals surface area (Å²) in [5.74, 6) is 1.06. The highest BCUT2D eigenvalue weighted by atomic mass is 32.2. The first kappa shape index (κ1) is 13.9. The molecule has 0 aromatic heterocycles. The number of hydrogen-bond acceptors (Lipinski definition) is 4. The fraction of sp³-hybridized carbons (Fsp3) is 1.00. The van der Waals surface area contributed by atoms with Crippen molar-refractivity contribution in [3.05, 3.63) is 0 Å². The van der Waals surface area contributed by atoms with Crippen LogP contribution in [0.25, 0.3) is 0 Å². The molecule has 0 aliphatic heterocycles. The van der Waals surface area contributed by atoms with Crippen molar-refractivity contribution < 1.29 is 8.42 Å². The molecule has 4 nitrogen and oxygen atoms in total. The average Bonchev–Trinajstić information content (AvgIpc) is 2.74. The molecular weight excluding hydrogens is 224 g/mol. The summed E-state index contributed by atoms with van der Waals surface area (Å²) in [6.07, 6.45) is 3.56. The summed E-state index contributed by atoms with van der Waals surface area (Å²) in [4.78, 5) is 2.18. The van der Waals surface area contributed by atoms with E-state index in [9.17, 15) is 8.42 Å². The summed E-state index contributed by atoms with van der Waals surface area (Å²) in [5.41, 5.74) is 5.73. The Morgan fingerprint density at radius 3 is 2.62 bits per heavy atom. The maximum atomic E-state index is 11.4. The molecule has 1 rings (SSSR count). The Labute approximate surface area is 99.1 Å². The fourth-order valence-corrected chi connectivity index (χ4v) is 3.32. The Morgan fingerprint density at radius 1 is 1.38 bits per heavy atom. The van der Waals surface area contributed by atoms with Crippen LogP contribution in [-0.2, 0) is 9.84 Å². The summed E-state index contributed by atoms with van der Waals surface area (Å²) in [6.45, 7) is 3.06. The van der Waals surface area contributed by atoms with E-state index in [1.54, 1.807) is 6.92 Å². The lowest BCUT2D eigenvalue weighted by molar-refractivity contribution is 0.211. The largest absolute Gasteiger partial charge is 0.330 e. The highest BCUT2D eigenvalue weighted by Crippen LogP contribution is 2.28. The van der Waals surface area contributed by atoms with Crippen LogP contribution < -0.4 is 5.73 Å². The van der Waals surface area contributed by atoms with Crippen molar-refractivity contribution in [3.63, 3.8) is 0 Å². The van der Waals surface area contributed by atoms with Gasteiger partial charge in [-0.15, -0.1) is 0 Å². The van der Waals surface area contributed by atoms with Crippen LogP contribution in [0.4, 0.5) is 0 Å². The summed E-state index contributed by atoms with van der Waals surface area (Å²) in [6, 6.07) is 0.483. The van der Waals surface area contributed by atoms with E-state index in [1.807, 2.05) is 7.05 Å². The standard InChI is InChI=1S/C11H24N2O2S/c1-3-16(14,15)8-7-13(2)11-6-4-5-10(11)9-12/h10-11H,3-9,12H2,1-2H3. The van der Waals surface area contributed by atoms with E-state index in [-0.39, 0.29) is 11.5 Å². The molecule has 1 aliphatic carbocycles. The topological polar surface area (TPSA) is 63.4 Å². The molecule has 0 bridgehead atoms.